The van der Waals surface area contributed by atoms with E-state index in [1.807, 2.05) is 18.2 Å². The van der Waals surface area contributed by atoms with Crippen LogP contribution < -0.4 is 9.62 Å². The third-order valence-electron chi connectivity index (χ3n) is 3.46. The van der Waals surface area contributed by atoms with Gasteiger partial charge < -0.3 is 9.80 Å². The first-order chi connectivity index (χ1) is 9.96. The van der Waals surface area contributed by atoms with Crippen LogP contribution in [0.4, 0.5) is 5.69 Å². The highest BCUT2D eigenvalue weighted by Gasteiger charge is 2.20. The lowest BCUT2D eigenvalue weighted by molar-refractivity contribution is -0.131. The molecule has 1 fully saturated rings. The zero-order chi connectivity index (χ0) is 15.3. The SMILES string of the molecule is CS(=O)(=O)NCCC(=O)N1CCN(c2ccccc2)CC1. The minimum Gasteiger partial charge on any atom is -0.368 e. The Morgan fingerprint density at radius 1 is 1.14 bits per heavy atom. The molecule has 1 amide bonds. The molecule has 1 saturated heterocycles. The Balaban J connectivity index is 1.77. The van der Waals surface area contributed by atoms with Crippen LogP contribution in [-0.2, 0) is 14.8 Å². The van der Waals surface area contributed by atoms with Crippen LogP contribution in [0.3, 0.4) is 0 Å². The maximum atomic E-state index is 12.0. The van der Waals surface area contributed by atoms with Crippen molar-refractivity contribution in [3.8, 4) is 0 Å². The van der Waals surface area contributed by atoms with Gasteiger partial charge in [0, 0.05) is 44.8 Å². The van der Waals surface area contributed by atoms with Crippen molar-refractivity contribution >= 4 is 21.6 Å². The minimum absolute atomic E-state index is 0.00105. The highest BCUT2D eigenvalue weighted by molar-refractivity contribution is 7.88. The largest absolute Gasteiger partial charge is 0.368 e. The maximum Gasteiger partial charge on any atom is 0.224 e. The van der Waals surface area contributed by atoms with Crippen LogP contribution in [0.2, 0.25) is 0 Å². The van der Waals surface area contributed by atoms with Gasteiger partial charge in [-0.15, -0.1) is 0 Å². The highest BCUT2D eigenvalue weighted by Crippen LogP contribution is 2.15. The van der Waals surface area contributed by atoms with Crippen LogP contribution in [0.1, 0.15) is 6.42 Å². The molecule has 0 unspecified atom stereocenters. The van der Waals surface area contributed by atoms with E-state index in [2.05, 4.69) is 21.8 Å². The smallest absolute Gasteiger partial charge is 0.224 e. The summed E-state index contributed by atoms with van der Waals surface area (Å²) in [6.45, 7) is 3.11. The Hall–Kier alpha value is -1.60. The summed E-state index contributed by atoms with van der Waals surface area (Å²) in [4.78, 5) is 16.0. The summed E-state index contributed by atoms with van der Waals surface area (Å²) in [7, 11) is -3.22. The number of sulfonamides is 1. The van der Waals surface area contributed by atoms with Crippen molar-refractivity contribution < 1.29 is 13.2 Å². The number of anilines is 1. The monoisotopic (exact) mass is 311 g/mol. The average molecular weight is 311 g/mol. The number of hydrogen-bond acceptors (Lipinski definition) is 4. The van der Waals surface area contributed by atoms with Crippen LogP contribution in [0.15, 0.2) is 30.3 Å². The van der Waals surface area contributed by atoms with Crippen molar-refractivity contribution in [3.05, 3.63) is 30.3 Å². The van der Waals surface area contributed by atoms with E-state index in [4.69, 9.17) is 0 Å². The number of nitrogens with zero attached hydrogens (tertiary/aromatic N) is 2. The molecule has 1 heterocycles. The van der Waals surface area contributed by atoms with Gasteiger partial charge in [-0.1, -0.05) is 18.2 Å². The van der Waals surface area contributed by atoms with E-state index in [9.17, 15) is 13.2 Å². The fourth-order valence-electron chi connectivity index (χ4n) is 2.35. The Morgan fingerprint density at radius 2 is 1.76 bits per heavy atom. The maximum absolute atomic E-state index is 12.0. The van der Waals surface area contributed by atoms with Crippen molar-refractivity contribution in [1.82, 2.24) is 9.62 Å². The second kappa shape index (κ2) is 6.91. The molecule has 6 nitrogen and oxygen atoms in total. The molecular formula is C14H21N3O3S. The third kappa shape index (κ3) is 5.02. The standard InChI is InChI=1S/C14H21N3O3S/c1-21(19,20)15-8-7-14(18)17-11-9-16(10-12-17)13-5-3-2-4-6-13/h2-6,15H,7-12H2,1H3. The fraction of sp³-hybridized carbons (Fsp3) is 0.500. The number of hydrogen-bond donors (Lipinski definition) is 1. The van der Waals surface area contributed by atoms with Crippen LogP contribution in [-0.4, -0.2) is 58.2 Å². The van der Waals surface area contributed by atoms with Gasteiger partial charge in [0.1, 0.15) is 0 Å². The fourth-order valence-corrected chi connectivity index (χ4v) is 2.83. The van der Waals surface area contributed by atoms with Crippen LogP contribution >= 0.6 is 0 Å². The van der Waals surface area contributed by atoms with E-state index in [1.165, 1.54) is 5.69 Å². The molecule has 1 aromatic carbocycles. The number of carbonyl (C=O) groups is 1. The predicted octanol–water partition coefficient (Wildman–Crippen LogP) is 0.275. The van der Waals surface area contributed by atoms with Crippen molar-refractivity contribution in [3.63, 3.8) is 0 Å². The number of amides is 1. The molecule has 0 aromatic heterocycles. The summed E-state index contributed by atoms with van der Waals surface area (Å²) in [5.74, 6) is -0.00105. The number of piperazine rings is 1. The summed E-state index contributed by atoms with van der Waals surface area (Å²) in [5, 5.41) is 0. The molecule has 1 aliphatic rings. The van der Waals surface area contributed by atoms with Gasteiger partial charge >= 0.3 is 0 Å². The van der Waals surface area contributed by atoms with Gasteiger partial charge in [0.25, 0.3) is 0 Å². The summed E-state index contributed by atoms with van der Waals surface area (Å²) in [6, 6.07) is 10.1. The Labute approximate surface area is 125 Å². The summed E-state index contributed by atoms with van der Waals surface area (Å²) in [6.07, 6.45) is 1.30. The lowest BCUT2D eigenvalue weighted by atomic mass is 10.2. The van der Waals surface area contributed by atoms with Gasteiger partial charge in [-0.05, 0) is 12.1 Å². The summed E-state index contributed by atoms with van der Waals surface area (Å²) >= 11 is 0. The number of carbonyl (C=O) groups excluding carboxylic acids is 1. The molecule has 21 heavy (non-hydrogen) atoms. The van der Waals surface area contributed by atoms with Gasteiger partial charge in [0.05, 0.1) is 6.26 Å². The molecule has 1 aliphatic heterocycles. The molecule has 0 saturated carbocycles. The number of benzene rings is 1. The summed E-state index contributed by atoms with van der Waals surface area (Å²) < 4.78 is 24.2. The Morgan fingerprint density at radius 3 is 2.33 bits per heavy atom. The van der Waals surface area contributed by atoms with Crippen LogP contribution in [0, 0.1) is 0 Å². The van der Waals surface area contributed by atoms with Crippen molar-refractivity contribution in [1.29, 1.82) is 0 Å². The van der Waals surface area contributed by atoms with Crippen LogP contribution in [0.5, 0.6) is 0 Å². The second-order valence-corrected chi connectivity index (χ2v) is 6.95. The zero-order valence-electron chi connectivity index (χ0n) is 12.2. The molecule has 116 valence electrons. The molecule has 0 aliphatic carbocycles. The first kappa shape index (κ1) is 15.8. The lowest BCUT2D eigenvalue weighted by Crippen LogP contribution is -2.49. The number of nitrogens with one attached hydrogen (secondary N) is 1. The van der Waals surface area contributed by atoms with E-state index in [0.717, 1.165) is 19.3 Å². The van der Waals surface area contributed by atoms with E-state index in [0.29, 0.717) is 13.1 Å². The number of rotatable bonds is 5. The predicted molar refractivity (Wildman–Crippen MR) is 82.7 cm³/mol. The lowest BCUT2D eigenvalue weighted by Gasteiger charge is -2.36. The average Bonchev–Trinajstić information content (AvgIpc) is 2.47. The molecule has 1 aromatic rings. The van der Waals surface area contributed by atoms with Crippen LogP contribution in [0.25, 0.3) is 0 Å². The summed E-state index contributed by atoms with van der Waals surface area (Å²) in [5.41, 5.74) is 1.17. The van der Waals surface area contributed by atoms with Gasteiger partial charge in [0.15, 0.2) is 0 Å². The molecule has 1 N–H and O–H groups in total. The molecule has 7 heteroatoms. The highest BCUT2D eigenvalue weighted by atomic mass is 32.2. The van der Waals surface area contributed by atoms with Crippen molar-refractivity contribution in [2.75, 3.05) is 43.9 Å². The quantitative estimate of drug-likeness (QED) is 0.848. The van der Waals surface area contributed by atoms with Crippen molar-refractivity contribution in [2.45, 2.75) is 6.42 Å². The second-order valence-electron chi connectivity index (χ2n) is 5.12. The molecular weight excluding hydrogens is 290 g/mol. The Kier molecular flexibility index (Phi) is 5.19. The molecule has 0 spiro atoms. The first-order valence-corrected chi connectivity index (χ1v) is 8.87. The van der Waals surface area contributed by atoms with E-state index < -0.39 is 10.0 Å². The van der Waals surface area contributed by atoms with Crippen molar-refractivity contribution in [2.24, 2.45) is 0 Å². The van der Waals surface area contributed by atoms with E-state index >= 15 is 0 Å². The molecule has 0 radical (unpaired) electrons. The van der Waals surface area contributed by atoms with Gasteiger partial charge in [0.2, 0.25) is 15.9 Å². The van der Waals surface area contributed by atoms with E-state index in [-0.39, 0.29) is 18.9 Å². The van der Waals surface area contributed by atoms with E-state index in [1.54, 1.807) is 4.90 Å². The number of para-hydroxylation sites is 1. The first-order valence-electron chi connectivity index (χ1n) is 6.98. The minimum atomic E-state index is -3.22. The van der Waals surface area contributed by atoms with Gasteiger partial charge in [-0.3, -0.25) is 4.79 Å². The third-order valence-corrected chi connectivity index (χ3v) is 4.19. The topological polar surface area (TPSA) is 69.7 Å². The van der Waals surface area contributed by atoms with Gasteiger partial charge in [-0.25, -0.2) is 13.1 Å². The molecule has 2 rings (SSSR count). The van der Waals surface area contributed by atoms with Gasteiger partial charge in [-0.2, -0.15) is 0 Å². The normalized spacial score (nSPS) is 16.0. The molecule has 0 bridgehead atoms. The zero-order valence-corrected chi connectivity index (χ0v) is 13.0. The Bertz CT molecular complexity index is 566. The molecule has 0 atom stereocenters.